The molecule has 1 aliphatic rings. The van der Waals surface area contributed by atoms with Gasteiger partial charge in [-0.1, -0.05) is 13.3 Å². The first-order valence-corrected chi connectivity index (χ1v) is 7.46. The molecule has 0 aromatic carbocycles. The van der Waals surface area contributed by atoms with E-state index >= 15 is 0 Å². The molecule has 15 heavy (non-hydrogen) atoms. The zero-order chi connectivity index (χ0) is 10.7. The molecule has 1 aromatic heterocycles. The minimum Gasteiger partial charge on any atom is -0.309 e. The van der Waals surface area contributed by atoms with Gasteiger partial charge in [-0.15, -0.1) is 11.3 Å². The first-order valence-electron chi connectivity index (χ1n) is 5.79. The highest BCUT2D eigenvalue weighted by atomic mass is 79.9. The summed E-state index contributed by atoms with van der Waals surface area (Å²) in [4.78, 5) is 1.49. The quantitative estimate of drug-likeness (QED) is 0.849. The predicted molar refractivity (Wildman–Crippen MR) is 70.4 cm³/mol. The third kappa shape index (κ3) is 2.63. The van der Waals surface area contributed by atoms with Crippen LogP contribution in [0.1, 0.15) is 43.5 Å². The van der Waals surface area contributed by atoms with E-state index < -0.39 is 0 Å². The molecule has 1 N–H and O–H groups in total. The normalized spacial score (nSPS) is 18.8. The van der Waals surface area contributed by atoms with Crippen molar-refractivity contribution in [2.45, 2.75) is 38.6 Å². The van der Waals surface area contributed by atoms with Crippen LogP contribution in [-0.2, 0) is 0 Å². The van der Waals surface area contributed by atoms with Crippen molar-refractivity contribution in [3.05, 3.63) is 20.8 Å². The van der Waals surface area contributed by atoms with Gasteiger partial charge >= 0.3 is 0 Å². The lowest BCUT2D eigenvalue weighted by Crippen LogP contribution is -2.32. The monoisotopic (exact) mass is 287 g/mol. The highest BCUT2D eigenvalue weighted by Gasteiger charge is 2.29. The number of hydrogen-bond donors (Lipinski definition) is 1. The first-order chi connectivity index (χ1) is 7.33. The van der Waals surface area contributed by atoms with E-state index in [9.17, 15) is 0 Å². The van der Waals surface area contributed by atoms with E-state index in [-0.39, 0.29) is 0 Å². The maximum Gasteiger partial charge on any atom is 0.0454 e. The van der Waals surface area contributed by atoms with Gasteiger partial charge in [0.25, 0.3) is 0 Å². The molecule has 1 atom stereocenters. The molecule has 84 valence electrons. The molecular formula is C12H18BrNS. The fourth-order valence-corrected chi connectivity index (χ4v) is 3.86. The molecule has 1 saturated carbocycles. The standard InChI is InChI=1S/C12H18BrNS/c1-2-7-14-11(9-4-3-5-9)12-10(13)6-8-15-12/h6,8-9,11,14H,2-5,7H2,1H3. The molecule has 1 heterocycles. The van der Waals surface area contributed by atoms with Crippen LogP contribution in [0.3, 0.4) is 0 Å². The summed E-state index contributed by atoms with van der Waals surface area (Å²) in [6.45, 7) is 3.36. The topological polar surface area (TPSA) is 12.0 Å². The summed E-state index contributed by atoms with van der Waals surface area (Å²) < 4.78 is 1.29. The lowest BCUT2D eigenvalue weighted by Gasteiger charge is -2.34. The summed E-state index contributed by atoms with van der Waals surface area (Å²) in [5.74, 6) is 0.867. The van der Waals surface area contributed by atoms with Crippen molar-refractivity contribution in [2.24, 2.45) is 5.92 Å². The van der Waals surface area contributed by atoms with Gasteiger partial charge in [-0.2, -0.15) is 0 Å². The molecule has 0 spiro atoms. The Labute approximate surface area is 104 Å². The van der Waals surface area contributed by atoms with Crippen molar-refractivity contribution in [1.29, 1.82) is 0 Å². The maximum absolute atomic E-state index is 3.70. The van der Waals surface area contributed by atoms with Crippen LogP contribution in [0.15, 0.2) is 15.9 Å². The third-order valence-corrected chi connectivity index (χ3v) is 5.12. The second-order valence-corrected chi connectivity index (χ2v) is 6.06. The van der Waals surface area contributed by atoms with Crippen molar-refractivity contribution < 1.29 is 0 Å². The molecule has 1 aliphatic carbocycles. The Morgan fingerprint density at radius 3 is 2.87 bits per heavy atom. The molecule has 0 amide bonds. The van der Waals surface area contributed by atoms with Gasteiger partial charge in [0, 0.05) is 15.4 Å². The molecular weight excluding hydrogens is 270 g/mol. The predicted octanol–water partition coefficient (Wildman–Crippen LogP) is 4.35. The molecule has 0 aliphatic heterocycles. The second kappa shape index (κ2) is 5.46. The van der Waals surface area contributed by atoms with Crippen LogP contribution in [0.4, 0.5) is 0 Å². The van der Waals surface area contributed by atoms with Crippen molar-refractivity contribution in [3.63, 3.8) is 0 Å². The summed E-state index contributed by atoms with van der Waals surface area (Å²) in [6, 6.07) is 2.76. The van der Waals surface area contributed by atoms with Crippen LogP contribution in [-0.4, -0.2) is 6.54 Å². The van der Waals surface area contributed by atoms with Crippen LogP contribution in [0, 0.1) is 5.92 Å². The molecule has 1 unspecified atom stereocenters. The summed E-state index contributed by atoms with van der Waals surface area (Å²) >= 11 is 5.53. The number of nitrogens with one attached hydrogen (secondary N) is 1. The van der Waals surface area contributed by atoms with Crippen molar-refractivity contribution in [2.75, 3.05) is 6.54 Å². The van der Waals surface area contributed by atoms with E-state index in [1.165, 1.54) is 35.0 Å². The zero-order valence-corrected chi connectivity index (χ0v) is 11.5. The van der Waals surface area contributed by atoms with Crippen LogP contribution in [0.2, 0.25) is 0 Å². The Hall–Kier alpha value is 0.140. The molecule has 1 nitrogen and oxygen atoms in total. The van der Waals surface area contributed by atoms with Gasteiger partial charge in [-0.05, 0) is 59.1 Å². The highest BCUT2D eigenvalue weighted by Crippen LogP contribution is 2.41. The Bertz CT molecular complexity index is 306. The number of hydrogen-bond acceptors (Lipinski definition) is 2. The van der Waals surface area contributed by atoms with E-state index in [1.54, 1.807) is 0 Å². The molecule has 1 fully saturated rings. The van der Waals surface area contributed by atoms with E-state index in [2.05, 4.69) is 39.6 Å². The van der Waals surface area contributed by atoms with Crippen molar-refractivity contribution in [1.82, 2.24) is 5.32 Å². The van der Waals surface area contributed by atoms with E-state index in [0.717, 1.165) is 12.5 Å². The Kier molecular flexibility index (Phi) is 4.23. The smallest absolute Gasteiger partial charge is 0.0454 e. The second-order valence-electron chi connectivity index (χ2n) is 4.26. The lowest BCUT2D eigenvalue weighted by molar-refractivity contribution is 0.233. The van der Waals surface area contributed by atoms with Gasteiger partial charge in [0.2, 0.25) is 0 Å². The van der Waals surface area contributed by atoms with Gasteiger partial charge in [0.1, 0.15) is 0 Å². The van der Waals surface area contributed by atoms with Crippen LogP contribution < -0.4 is 5.32 Å². The molecule has 0 saturated heterocycles. The number of thiophene rings is 1. The summed E-state index contributed by atoms with van der Waals surface area (Å²) in [7, 11) is 0. The number of halogens is 1. The average Bonchev–Trinajstić information content (AvgIpc) is 2.55. The molecule has 0 bridgehead atoms. The van der Waals surface area contributed by atoms with Gasteiger partial charge in [0.15, 0.2) is 0 Å². The minimum atomic E-state index is 0.591. The number of rotatable bonds is 5. The summed E-state index contributed by atoms with van der Waals surface area (Å²) in [5.41, 5.74) is 0. The van der Waals surface area contributed by atoms with Gasteiger partial charge in [0.05, 0.1) is 0 Å². The molecule has 0 radical (unpaired) electrons. The zero-order valence-electron chi connectivity index (χ0n) is 9.13. The van der Waals surface area contributed by atoms with E-state index in [4.69, 9.17) is 0 Å². The van der Waals surface area contributed by atoms with E-state index in [0.29, 0.717) is 6.04 Å². The van der Waals surface area contributed by atoms with Gasteiger partial charge in [-0.3, -0.25) is 0 Å². The van der Waals surface area contributed by atoms with Gasteiger partial charge < -0.3 is 5.32 Å². The summed E-state index contributed by atoms with van der Waals surface area (Å²) in [5, 5.41) is 5.87. The SMILES string of the molecule is CCCNC(c1sccc1Br)C1CCC1. The molecule has 3 heteroatoms. The Morgan fingerprint density at radius 1 is 1.60 bits per heavy atom. The largest absolute Gasteiger partial charge is 0.309 e. The van der Waals surface area contributed by atoms with Crippen LogP contribution in [0.5, 0.6) is 0 Å². The fourth-order valence-electron chi connectivity index (χ4n) is 2.07. The highest BCUT2D eigenvalue weighted by molar-refractivity contribution is 9.10. The van der Waals surface area contributed by atoms with Crippen LogP contribution in [0.25, 0.3) is 0 Å². The van der Waals surface area contributed by atoms with E-state index in [1.807, 2.05) is 11.3 Å². The Morgan fingerprint density at radius 2 is 2.40 bits per heavy atom. The van der Waals surface area contributed by atoms with Gasteiger partial charge in [-0.25, -0.2) is 0 Å². The van der Waals surface area contributed by atoms with Crippen molar-refractivity contribution >= 4 is 27.3 Å². The first kappa shape index (κ1) is 11.6. The average molecular weight is 288 g/mol. The Balaban J connectivity index is 2.07. The summed E-state index contributed by atoms with van der Waals surface area (Å²) in [6.07, 6.45) is 5.42. The molecule has 1 aromatic rings. The molecule has 2 rings (SSSR count). The lowest BCUT2D eigenvalue weighted by atomic mass is 9.79. The third-order valence-electron chi connectivity index (χ3n) is 3.16. The minimum absolute atomic E-state index is 0.591. The van der Waals surface area contributed by atoms with Crippen molar-refractivity contribution in [3.8, 4) is 0 Å². The van der Waals surface area contributed by atoms with Crippen LogP contribution >= 0.6 is 27.3 Å². The maximum atomic E-state index is 3.70. The fraction of sp³-hybridized carbons (Fsp3) is 0.667.